The lowest BCUT2D eigenvalue weighted by Crippen LogP contribution is -2.41. The molecule has 2 saturated carbocycles. The van der Waals surface area contributed by atoms with Crippen molar-refractivity contribution >= 4 is 23.3 Å². The molecule has 0 heterocycles. The van der Waals surface area contributed by atoms with E-state index in [2.05, 4.69) is 6.58 Å². The highest BCUT2D eigenvalue weighted by molar-refractivity contribution is 7.74. The lowest BCUT2D eigenvalue weighted by molar-refractivity contribution is -0.174. The number of carbonyl (C=O) groups is 2. The molecular formula is C14H20O7S. The van der Waals surface area contributed by atoms with Crippen molar-refractivity contribution in [1.29, 1.82) is 0 Å². The van der Waals surface area contributed by atoms with Crippen molar-refractivity contribution in [1.82, 2.24) is 0 Å². The van der Waals surface area contributed by atoms with Crippen LogP contribution in [0.25, 0.3) is 0 Å². The molecule has 22 heavy (non-hydrogen) atoms. The van der Waals surface area contributed by atoms with E-state index < -0.39 is 41.6 Å². The van der Waals surface area contributed by atoms with Crippen LogP contribution in [-0.2, 0) is 34.6 Å². The van der Waals surface area contributed by atoms with Crippen LogP contribution in [0.2, 0.25) is 0 Å². The third-order valence-electron chi connectivity index (χ3n) is 4.18. The molecule has 124 valence electrons. The van der Waals surface area contributed by atoms with E-state index in [-0.39, 0.29) is 17.4 Å². The van der Waals surface area contributed by atoms with Gasteiger partial charge in [0.05, 0.1) is 0 Å². The first-order valence-corrected chi connectivity index (χ1v) is 8.17. The van der Waals surface area contributed by atoms with Crippen molar-refractivity contribution in [2.75, 3.05) is 0 Å². The molecule has 2 aliphatic carbocycles. The third kappa shape index (κ3) is 3.74. The summed E-state index contributed by atoms with van der Waals surface area (Å²) in [5, 5.41) is 0. The predicted molar refractivity (Wildman–Crippen MR) is 76.7 cm³/mol. The highest BCUT2D eigenvalue weighted by Gasteiger charge is 2.52. The summed E-state index contributed by atoms with van der Waals surface area (Å²) in [7, 11) is 0. The fourth-order valence-corrected chi connectivity index (χ4v) is 3.57. The van der Waals surface area contributed by atoms with Crippen LogP contribution >= 0.6 is 0 Å². The molecule has 0 radical (unpaired) electrons. The van der Waals surface area contributed by atoms with E-state index in [9.17, 15) is 13.8 Å². The Balaban J connectivity index is 1.96. The molecule has 6 unspecified atom stereocenters. The minimum atomic E-state index is -2.41. The van der Waals surface area contributed by atoms with Crippen molar-refractivity contribution in [3.05, 3.63) is 12.2 Å². The maximum Gasteiger partial charge on any atom is 0.347 e. The summed E-state index contributed by atoms with van der Waals surface area (Å²) in [6.07, 6.45) is 0.357. The summed E-state index contributed by atoms with van der Waals surface area (Å²) < 4.78 is 35.1. The normalized spacial score (nSPS) is 32.3. The van der Waals surface area contributed by atoms with Crippen LogP contribution in [-0.4, -0.2) is 39.0 Å². The van der Waals surface area contributed by atoms with E-state index in [0.717, 1.165) is 19.3 Å². The Hall–Kier alpha value is -1.25. The smallest absolute Gasteiger partial charge is 0.347 e. The van der Waals surface area contributed by atoms with E-state index in [0.29, 0.717) is 0 Å². The number of hydrogen-bond acceptors (Lipinski definition) is 6. The molecule has 0 spiro atoms. The van der Waals surface area contributed by atoms with Crippen LogP contribution in [0.5, 0.6) is 0 Å². The van der Waals surface area contributed by atoms with Crippen molar-refractivity contribution < 1.29 is 32.0 Å². The minimum absolute atomic E-state index is 0.117. The zero-order chi connectivity index (χ0) is 16.4. The van der Waals surface area contributed by atoms with Gasteiger partial charge >= 0.3 is 23.3 Å². The van der Waals surface area contributed by atoms with Gasteiger partial charge in [0, 0.05) is 5.57 Å². The summed E-state index contributed by atoms with van der Waals surface area (Å²) >= 11 is -2.41. The van der Waals surface area contributed by atoms with Crippen molar-refractivity contribution in [3.63, 3.8) is 0 Å². The van der Waals surface area contributed by atoms with Gasteiger partial charge in [0.1, 0.15) is 12.2 Å². The topological polar surface area (TPSA) is 99.1 Å². The average Bonchev–Trinajstić information content (AvgIpc) is 3.00. The number of rotatable bonds is 6. The van der Waals surface area contributed by atoms with Crippen LogP contribution in [0.4, 0.5) is 0 Å². The van der Waals surface area contributed by atoms with Crippen LogP contribution in [0, 0.1) is 11.8 Å². The molecule has 1 N–H and O–H groups in total. The molecule has 0 saturated heterocycles. The molecular weight excluding hydrogens is 312 g/mol. The Morgan fingerprint density at radius 3 is 2.41 bits per heavy atom. The first kappa shape index (κ1) is 17.1. The summed E-state index contributed by atoms with van der Waals surface area (Å²) in [4.78, 5) is 23.4. The van der Waals surface area contributed by atoms with E-state index in [1.54, 1.807) is 0 Å². The second-order valence-electron chi connectivity index (χ2n) is 5.84. The highest BCUT2D eigenvalue weighted by Crippen LogP contribution is 2.47. The summed E-state index contributed by atoms with van der Waals surface area (Å²) in [6.45, 7) is 6.33. The second kappa shape index (κ2) is 6.89. The molecule has 6 atom stereocenters. The molecule has 0 aromatic heterocycles. The molecule has 0 aliphatic heterocycles. The maximum absolute atomic E-state index is 12.0. The minimum Gasteiger partial charge on any atom is -0.457 e. The number of fused-ring (bicyclic) bond motifs is 2. The molecule has 2 aliphatic rings. The van der Waals surface area contributed by atoms with E-state index in [4.69, 9.17) is 18.2 Å². The molecule has 0 amide bonds. The first-order chi connectivity index (χ1) is 10.3. The van der Waals surface area contributed by atoms with Gasteiger partial charge < -0.3 is 9.47 Å². The van der Waals surface area contributed by atoms with Crippen molar-refractivity contribution in [2.45, 2.75) is 51.4 Å². The van der Waals surface area contributed by atoms with Crippen LogP contribution in [0.15, 0.2) is 12.2 Å². The van der Waals surface area contributed by atoms with Gasteiger partial charge in [-0.2, -0.15) is 4.21 Å². The quantitative estimate of drug-likeness (QED) is 0.445. The summed E-state index contributed by atoms with van der Waals surface area (Å²) in [6, 6.07) is 0. The fraction of sp³-hybridized carbons (Fsp3) is 0.714. The van der Waals surface area contributed by atoms with Gasteiger partial charge in [0.15, 0.2) is 6.10 Å². The van der Waals surface area contributed by atoms with Crippen LogP contribution in [0.3, 0.4) is 0 Å². The molecule has 0 aromatic rings. The van der Waals surface area contributed by atoms with Gasteiger partial charge in [0.25, 0.3) is 0 Å². The van der Waals surface area contributed by atoms with Gasteiger partial charge in [-0.25, -0.2) is 9.59 Å². The van der Waals surface area contributed by atoms with Gasteiger partial charge in [-0.15, -0.1) is 0 Å². The standard InChI is InChI=1S/C14H20O7S/c1-7(2)13(15)19-8(3)14(16)20-11-9-4-5-10(6-9)12(11)21-22(17)18/h8-12H,1,4-6H2,2-3H3,(H,17,18). The van der Waals surface area contributed by atoms with Crippen molar-refractivity contribution in [2.24, 2.45) is 11.8 Å². The van der Waals surface area contributed by atoms with E-state index in [1.807, 2.05) is 0 Å². The van der Waals surface area contributed by atoms with Gasteiger partial charge in [-0.05, 0) is 44.9 Å². The lowest BCUT2D eigenvalue weighted by Gasteiger charge is -2.29. The van der Waals surface area contributed by atoms with Gasteiger partial charge in [-0.3, -0.25) is 8.74 Å². The van der Waals surface area contributed by atoms with Crippen molar-refractivity contribution in [3.8, 4) is 0 Å². The van der Waals surface area contributed by atoms with Gasteiger partial charge in [-0.1, -0.05) is 6.58 Å². The lowest BCUT2D eigenvalue weighted by atomic mass is 9.95. The third-order valence-corrected chi connectivity index (χ3v) is 4.56. The van der Waals surface area contributed by atoms with E-state index >= 15 is 0 Å². The van der Waals surface area contributed by atoms with Gasteiger partial charge in [0.2, 0.25) is 0 Å². The fourth-order valence-electron chi connectivity index (χ4n) is 3.12. The zero-order valence-corrected chi connectivity index (χ0v) is 13.3. The highest BCUT2D eigenvalue weighted by atomic mass is 32.2. The van der Waals surface area contributed by atoms with E-state index in [1.165, 1.54) is 13.8 Å². The SMILES string of the molecule is C=C(C)C(=O)OC(C)C(=O)OC1C2CCC(C2)C1OS(=O)O. The number of hydrogen-bond donors (Lipinski definition) is 1. The molecule has 8 heteroatoms. The summed E-state index contributed by atoms with van der Waals surface area (Å²) in [5.41, 5.74) is 0.191. The predicted octanol–water partition coefficient (Wildman–Crippen LogP) is 1.36. The molecule has 2 bridgehead atoms. The summed E-state index contributed by atoms with van der Waals surface area (Å²) in [5.74, 6) is -1.12. The monoisotopic (exact) mass is 332 g/mol. The largest absolute Gasteiger partial charge is 0.457 e. The average molecular weight is 332 g/mol. The second-order valence-corrected chi connectivity index (χ2v) is 6.47. The number of carbonyl (C=O) groups excluding carboxylic acids is 2. The van der Waals surface area contributed by atoms with Crippen LogP contribution in [0.1, 0.15) is 33.1 Å². The molecule has 0 aromatic carbocycles. The Morgan fingerprint density at radius 2 is 1.86 bits per heavy atom. The molecule has 7 nitrogen and oxygen atoms in total. The number of esters is 2. The first-order valence-electron chi connectivity index (χ1n) is 7.14. The number of ether oxygens (including phenoxy) is 2. The molecule has 2 fully saturated rings. The Morgan fingerprint density at radius 1 is 1.27 bits per heavy atom. The Bertz CT molecular complexity index is 503. The Labute approximate surface area is 131 Å². The maximum atomic E-state index is 12.0. The Kier molecular flexibility index (Phi) is 5.36. The van der Waals surface area contributed by atoms with Crippen LogP contribution < -0.4 is 0 Å². The molecule has 2 rings (SSSR count). The zero-order valence-electron chi connectivity index (χ0n) is 12.5.